The van der Waals surface area contributed by atoms with Crippen LogP contribution in [0.2, 0.25) is 0 Å². The number of nitrogens with one attached hydrogen (secondary N) is 1. The molecule has 15 heavy (non-hydrogen) atoms. The number of hydrogen-bond acceptors (Lipinski definition) is 2. The molecular formula is C11H14BrFN2. The van der Waals surface area contributed by atoms with E-state index in [1.54, 1.807) is 6.07 Å². The molecule has 1 atom stereocenters. The molecule has 0 spiro atoms. The molecule has 2 nitrogen and oxygen atoms in total. The van der Waals surface area contributed by atoms with E-state index in [9.17, 15) is 4.39 Å². The van der Waals surface area contributed by atoms with Gasteiger partial charge in [-0.15, -0.1) is 6.58 Å². The quantitative estimate of drug-likeness (QED) is 0.491. The minimum absolute atomic E-state index is 0.0120. The minimum atomic E-state index is -0.259. The first kappa shape index (κ1) is 12.4. The van der Waals surface area contributed by atoms with Crippen molar-refractivity contribution in [2.75, 3.05) is 0 Å². The number of hydrazine groups is 1. The van der Waals surface area contributed by atoms with Crippen molar-refractivity contribution in [2.24, 2.45) is 5.84 Å². The summed E-state index contributed by atoms with van der Waals surface area (Å²) in [6.07, 6.45) is 3.53. The van der Waals surface area contributed by atoms with Crippen LogP contribution in [0, 0.1) is 5.82 Å². The van der Waals surface area contributed by atoms with Crippen molar-refractivity contribution in [3.63, 3.8) is 0 Å². The van der Waals surface area contributed by atoms with Gasteiger partial charge in [-0.1, -0.05) is 28.1 Å². The Morgan fingerprint density at radius 3 is 2.87 bits per heavy atom. The van der Waals surface area contributed by atoms with E-state index < -0.39 is 0 Å². The third-order valence-electron chi connectivity index (χ3n) is 2.20. The lowest BCUT2D eigenvalue weighted by Crippen LogP contribution is -2.28. The Kier molecular flexibility index (Phi) is 4.94. The van der Waals surface area contributed by atoms with E-state index in [1.807, 2.05) is 6.08 Å². The van der Waals surface area contributed by atoms with E-state index in [0.717, 1.165) is 22.9 Å². The minimum Gasteiger partial charge on any atom is -0.271 e. The number of rotatable bonds is 5. The molecule has 0 aromatic heterocycles. The second-order valence-corrected chi connectivity index (χ2v) is 4.11. The van der Waals surface area contributed by atoms with E-state index in [4.69, 9.17) is 5.84 Å². The molecular weight excluding hydrogens is 259 g/mol. The van der Waals surface area contributed by atoms with Gasteiger partial charge < -0.3 is 0 Å². The van der Waals surface area contributed by atoms with Gasteiger partial charge in [-0.25, -0.2) is 4.39 Å². The maximum Gasteiger partial charge on any atom is 0.124 e. The van der Waals surface area contributed by atoms with Crippen molar-refractivity contribution in [3.05, 3.63) is 46.7 Å². The fourth-order valence-electron chi connectivity index (χ4n) is 1.40. The van der Waals surface area contributed by atoms with Crippen molar-refractivity contribution in [1.82, 2.24) is 5.43 Å². The second-order valence-electron chi connectivity index (χ2n) is 3.25. The highest BCUT2D eigenvalue weighted by atomic mass is 79.9. The first-order chi connectivity index (χ1) is 7.19. The summed E-state index contributed by atoms with van der Waals surface area (Å²) in [5.41, 5.74) is 3.67. The number of allylic oxidation sites excluding steroid dienone is 1. The van der Waals surface area contributed by atoms with Gasteiger partial charge in [0.15, 0.2) is 0 Å². The van der Waals surface area contributed by atoms with Gasteiger partial charge >= 0.3 is 0 Å². The molecule has 82 valence electrons. The average Bonchev–Trinajstić information content (AvgIpc) is 2.21. The predicted molar refractivity (Wildman–Crippen MR) is 63.6 cm³/mol. The van der Waals surface area contributed by atoms with Crippen molar-refractivity contribution < 1.29 is 4.39 Å². The molecule has 4 heteroatoms. The van der Waals surface area contributed by atoms with Gasteiger partial charge in [0.05, 0.1) is 0 Å². The lowest BCUT2D eigenvalue weighted by atomic mass is 10.0. The number of hydrogen-bond donors (Lipinski definition) is 2. The van der Waals surface area contributed by atoms with Gasteiger partial charge in [0, 0.05) is 10.5 Å². The zero-order valence-electron chi connectivity index (χ0n) is 8.34. The highest BCUT2D eigenvalue weighted by molar-refractivity contribution is 9.10. The van der Waals surface area contributed by atoms with Gasteiger partial charge in [-0.2, -0.15) is 0 Å². The summed E-state index contributed by atoms with van der Waals surface area (Å²) >= 11 is 3.32. The Hall–Kier alpha value is -0.710. The van der Waals surface area contributed by atoms with E-state index in [2.05, 4.69) is 27.9 Å². The zero-order valence-corrected chi connectivity index (χ0v) is 9.93. The Balaban J connectivity index is 2.86. The van der Waals surface area contributed by atoms with Crippen LogP contribution in [0.15, 0.2) is 35.3 Å². The Bertz CT molecular complexity index is 341. The molecule has 0 aliphatic rings. The highest BCUT2D eigenvalue weighted by Crippen LogP contribution is 2.26. The van der Waals surface area contributed by atoms with Crippen molar-refractivity contribution >= 4 is 15.9 Å². The van der Waals surface area contributed by atoms with Crippen LogP contribution >= 0.6 is 15.9 Å². The van der Waals surface area contributed by atoms with E-state index >= 15 is 0 Å². The maximum absolute atomic E-state index is 12.9. The lowest BCUT2D eigenvalue weighted by Gasteiger charge is -2.16. The molecule has 0 fully saturated rings. The summed E-state index contributed by atoms with van der Waals surface area (Å²) in [5, 5.41) is 0. The van der Waals surface area contributed by atoms with Crippen molar-refractivity contribution in [1.29, 1.82) is 0 Å². The summed E-state index contributed by atoms with van der Waals surface area (Å²) < 4.78 is 13.6. The summed E-state index contributed by atoms with van der Waals surface area (Å²) in [4.78, 5) is 0. The maximum atomic E-state index is 12.9. The Labute approximate surface area is 97.5 Å². The van der Waals surface area contributed by atoms with Gasteiger partial charge in [0.1, 0.15) is 5.82 Å². The number of nitrogens with two attached hydrogens (primary N) is 1. The highest BCUT2D eigenvalue weighted by Gasteiger charge is 2.12. The topological polar surface area (TPSA) is 38.0 Å². The molecule has 1 rings (SSSR count). The fraction of sp³-hybridized carbons (Fsp3) is 0.273. The molecule has 3 N–H and O–H groups in total. The van der Waals surface area contributed by atoms with E-state index in [-0.39, 0.29) is 11.9 Å². The monoisotopic (exact) mass is 272 g/mol. The summed E-state index contributed by atoms with van der Waals surface area (Å²) in [6, 6.07) is 4.61. The van der Waals surface area contributed by atoms with Crippen LogP contribution in [-0.4, -0.2) is 0 Å². The zero-order chi connectivity index (χ0) is 11.3. The van der Waals surface area contributed by atoms with Gasteiger partial charge in [-0.3, -0.25) is 11.3 Å². The summed E-state index contributed by atoms with van der Waals surface area (Å²) in [5.74, 6) is 5.19. The molecule has 0 heterocycles. The van der Waals surface area contributed by atoms with Crippen LogP contribution in [0.5, 0.6) is 0 Å². The molecule has 1 aromatic carbocycles. The molecule has 0 bridgehead atoms. The molecule has 0 amide bonds. The Morgan fingerprint density at radius 2 is 2.33 bits per heavy atom. The first-order valence-electron chi connectivity index (χ1n) is 4.71. The van der Waals surface area contributed by atoms with Crippen LogP contribution in [-0.2, 0) is 0 Å². The van der Waals surface area contributed by atoms with Crippen LogP contribution in [0.4, 0.5) is 4.39 Å². The normalized spacial score (nSPS) is 12.5. The van der Waals surface area contributed by atoms with Crippen LogP contribution < -0.4 is 11.3 Å². The standard InChI is InChI=1S/C11H14BrFN2/c1-2-3-4-11(15-14)9-6-5-8(13)7-10(9)12/h2,5-7,11,15H,1,3-4,14H2. The van der Waals surface area contributed by atoms with Crippen LogP contribution in [0.25, 0.3) is 0 Å². The smallest absolute Gasteiger partial charge is 0.124 e. The van der Waals surface area contributed by atoms with Gasteiger partial charge in [-0.05, 0) is 30.5 Å². The third kappa shape index (κ3) is 3.41. The van der Waals surface area contributed by atoms with E-state index in [0.29, 0.717) is 0 Å². The number of benzene rings is 1. The SMILES string of the molecule is C=CCCC(NN)c1ccc(F)cc1Br. The van der Waals surface area contributed by atoms with Crippen LogP contribution in [0.3, 0.4) is 0 Å². The molecule has 0 aliphatic carbocycles. The predicted octanol–water partition coefficient (Wildman–Crippen LogP) is 3.06. The summed E-state index contributed by atoms with van der Waals surface area (Å²) in [6.45, 7) is 3.66. The van der Waals surface area contributed by atoms with Crippen LogP contribution in [0.1, 0.15) is 24.4 Å². The van der Waals surface area contributed by atoms with E-state index in [1.165, 1.54) is 12.1 Å². The third-order valence-corrected chi connectivity index (χ3v) is 2.89. The van der Waals surface area contributed by atoms with Gasteiger partial charge in [0.25, 0.3) is 0 Å². The first-order valence-corrected chi connectivity index (χ1v) is 5.50. The average molecular weight is 273 g/mol. The lowest BCUT2D eigenvalue weighted by molar-refractivity contribution is 0.517. The summed E-state index contributed by atoms with van der Waals surface area (Å²) in [7, 11) is 0. The second kappa shape index (κ2) is 6.00. The van der Waals surface area contributed by atoms with Crippen molar-refractivity contribution in [3.8, 4) is 0 Å². The largest absolute Gasteiger partial charge is 0.271 e. The molecule has 0 saturated heterocycles. The van der Waals surface area contributed by atoms with Crippen molar-refractivity contribution in [2.45, 2.75) is 18.9 Å². The molecule has 0 aliphatic heterocycles. The molecule has 1 aromatic rings. The number of halogens is 2. The Morgan fingerprint density at radius 1 is 1.60 bits per heavy atom. The molecule has 1 unspecified atom stereocenters. The molecule has 0 radical (unpaired) electrons. The van der Waals surface area contributed by atoms with Gasteiger partial charge in [0.2, 0.25) is 0 Å². The molecule has 0 saturated carbocycles. The fourth-order valence-corrected chi connectivity index (χ4v) is 2.02.